The summed E-state index contributed by atoms with van der Waals surface area (Å²) in [6.45, 7) is 0. The molecule has 0 fully saturated rings. The molecule has 124 valence electrons. The number of pyridine rings is 1. The summed E-state index contributed by atoms with van der Waals surface area (Å²) in [4.78, 5) is 4.35. The Morgan fingerprint density at radius 2 is 1.88 bits per heavy atom. The summed E-state index contributed by atoms with van der Waals surface area (Å²) in [5, 5.41) is 4.19. The molecule has 0 bridgehead atoms. The lowest BCUT2D eigenvalue weighted by molar-refractivity contribution is -0.274. The summed E-state index contributed by atoms with van der Waals surface area (Å²) in [5.41, 5.74) is 6.87. The molecule has 0 aliphatic carbocycles. The van der Waals surface area contributed by atoms with E-state index in [2.05, 4.69) is 15.0 Å². The Bertz CT molecular complexity index is 899. The molecular formula is C16H11ClF3N3O. The maximum atomic E-state index is 12.3. The number of fused-ring (bicyclic) bond motifs is 1. The van der Waals surface area contributed by atoms with E-state index in [0.717, 1.165) is 17.5 Å². The first-order valence-electron chi connectivity index (χ1n) is 6.79. The maximum absolute atomic E-state index is 12.3. The van der Waals surface area contributed by atoms with Crippen molar-refractivity contribution in [3.63, 3.8) is 0 Å². The Balaban J connectivity index is 1.93. The van der Waals surface area contributed by atoms with Crippen molar-refractivity contribution in [1.82, 2.24) is 4.98 Å². The lowest BCUT2D eigenvalue weighted by Gasteiger charge is -2.13. The minimum Gasteiger partial charge on any atom is -0.406 e. The van der Waals surface area contributed by atoms with Crippen LogP contribution in [0.5, 0.6) is 5.75 Å². The van der Waals surface area contributed by atoms with E-state index in [0.29, 0.717) is 16.4 Å². The zero-order valence-electron chi connectivity index (χ0n) is 12.1. The number of nitrogens with zero attached hydrogens (tertiary/aromatic N) is 1. The lowest BCUT2D eigenvalue weighted by atomic mass is 10.2. The molecule has 0 spiro atoms. The van der Waals surface area contributed by atoms with Gasteiger partial charge >= 0.3 is 6.36 Å². The van der Waals surface area contributed by atoms with Crippen molar-refractivity contribution in [3.8, 4) is 5.75 Å². The summed E-state index contributed by atoms with van der Waals surface area (Å²) < 4.78 is 40.8. The SMILES string of the molecule is Nc1ccc(OC(F)(F)F)cc1Nc1ccc2cccc(Cl)c2n1. The van der Waals surface area contributed by atoms with Gasteiger partial charge in [-0.2, -0.15) is 0 Å². The smallest absolute Gasteiger partial charge is 0.406 e. The molecule has 0 unspecified atom stereocenters. The predicted molar refractivity (Wildman–Crippen MR) is 87.6 cm³/mol. The summed E-state index contributed by atoms with van der Waals surface area (Å²) in [6, 6.07) is 12.4. The number of anilines is 3. The first kappa shape index (κ1) is 16.2. The van der Waals surface area contributed by atoms with Crippen molar-refractivity contribution >= 4 is 39.7 Å². The highest BCUT2D eigenvalue weighted by atomic mass is 35.5. The molecule has 0 atom stereocenters. The second-order valence-corrected chi connectivity index (χ2v) is 5.34. The van der Waals surface area contributed by atoms with Crippen LogP contribution in [0.4, 0.5) is 30.4 Å². The van der Waals surface area contributed by atoms with Gasteiger partial charge in [0, 0.05) is 11.5 Å². The predicted octanol–water partition coefficient (Wildman–Crippen LogP) is 5.11. The first-order valence-corrected chi connectivity index (χ1v) is 7.17. The molecule has 3 N–H and O–H groups in total. The molecule has 24 heavy (non-hydrogen) atoms. The van der Waals surface area contributed by atoms with Gasteiger partial charge in [0.05, 0.1) is 21.9 Å². The molecule has 0 saturated heterocycles. The third-order valence-corrected chi connectivity index (χ3v) is 3.50. The number of benzene rings is 2. The Labute approximate surface area is 140 Å². The fourth-order valence-corrected chi connectivity index (χ4v) is 2.38. The van der Waals surface area contributed by atoms with E-state index in [4.69, 9.17) is 17.3 Å². The number of para-hydroxylation sites is 1. The van der Waals surface area contributed by atoms with E-state index in [9.17, 15) is 13.2 Å². The largest absolute Gasteiger partial charge is 0.573 e. The standard InChI is InChI=1S/C16H11ClF3N3O/c17-11-3-1-2-9-4-7-14(23-15(9)11)22-13-8-10(5-6-12(13)21)24-16(18,19)20/h1-8H,21H2,(H,22,23). The third-order valence-electron chi connectivity index (χ3n) is 3.19. The van der Waals surface area contributed by atoms with Gasteiger partial charge in [-0.3, -0.25) is 0 Å². The van der Waals surface area contributed by atoms with Crippen LogP contribution in [-0.2, 0) is 0 Å². The molecule has 0 aliphatic rings. The maximum Gasteiger partial charge on any atom is 0.573 e. The van der Waals surface area contributed by atoms with Crippen molar-refractivity contribution in [2.45, 2.75) is 6.36 Å². The Morgan fingerprint density at radius 3 is 2.62 bits per heavy atom. The van der Waals surface area contributed by atoms with Gasteiger partial charge < -0.3 is 15.8 Å². The van der Waals surface area contributed by atoms with E-state index >= 15 is 0 Å². The molecule has 1 heterocycles. The lowest BCUT2D eigenvalue weighted by Crippen LogP contribution is -2.17. The first-order chi connectivity index (χ1) is 11.3. The number of hydrogen-bond donors (Lipinski definition) is 2. The van der Waals surface area contributed by atoms with Gasteiger partial charge in [-0.15, -0.1) is 13.2 Å². The van der Waals surface area contributed by atoms with Crippen molar-refractivity contribution in [2.24, 2.45) is 0 Å². The van der Waals surface area contributed by atoms with Crippen molar-refractivity contribution < 1.29 is 17.9 Å². The fourth-order valence-electron chi connectivity index (χ4n) is 2.16. The van der Waals surface area contributed by atoms with Gasteiger partial charge in [0.25, 0.3) is 0 Å². The van der Waals surface area contributed by atoms with Gasteiger partial charge in [-0.25, -0.2) is 4.98 Å². The Kier molecular flexibility index (Phi) is 4.11. The van der Waals surface area contributed by atoms with Crippen LogP contribution in [0, 0.1) is 0 Å². The number of nitrogen functional groups attached to an aromatic ring is 1. The zero-order chi connectivity index (χ0) is 17.3. The summed E-state index contributed by atoms with van der Waals surface area (Å²) in [7, 11) is 0. The summed E-state index contributed by atoms with van der Waals surface area (Å²) >= 11 is 6.10. The molecule has 4 nitrogen and oxygen atoms in total. The van der Waals surface area contributed by atoms with Gasteiger partial charge in [-0.1, -0.05) is 23.7 Å². The number of nitrogens with two attached hydrogens (primary N) is 1. The van der Waals surface area contributed by atoms with E-state index in [1.165, 1.54) is 6.07 Å². The fraction of sp³-hybridized carbons (Fsp3) is 0.0625. The minimum absolute atomic E-state index is 0.246. The normalized spacial score (nSPS) is 11.5. The van der Waals surface area contributed by atoms with Gasteiger partial charge in [-0.05, 0) is 30.3 Å². The number of rotatable bonds is 3. The molecule has 3 rings (SSSR count). The summed E-state index contributed by atoms with van der Waals surface area (Å²) in [6.07, 6.45) is -4.78. The minimum atomic E-state index is -4.78. The van der Waals surface area contributed by atoms with Crippen LogP contribution in [0.25, 0.3) is 10.9 Å². The average molecular weight is 354 g/mol. The number of halogens is 4. The van der Waals surface area contributed by atoms with E-state index < -0.39 is 6.36 Å². The van der Waals surface area contributed by atoms with Gasteiger partial charge in [0.15, 0.2) is 0 Å². The highest BCUT2D eigenvalue weighted by Crippen LogP contribution is 2.31. The van der Waals surface area contributed by atoms with Gasteiger partial charge in [0.2, 0.25) is 0 Å². The molecule has 2 aromatic carbocycles. The second kappa shape index (κ2) is 6.09. The van der Waals surface area contributed by atoms with Crippen LogP contribution < -0.4 is 15.8 Å². The number of nitrogens with one attached hydrogen (secondary N) is 1. The number of aromatic nitrogens is 1. The monoisotopic (exact) mass is 353 g/mol. The van der Waals surface area contributed by atoms with E-state index in [-0.39, 0.29) is 17.1 Å². The van der Waals surface area contributed by atoms with Crippen LogP contribution >= 0.6 is 11.6 Å². The van der Waals surface area contributed by atoms with E-state index in [1.807, 2.05) is 6.07 Å². The Morgan fingerprint density at radius 1 is 1.08 bits per heavy atom. The van der Waals surface area contributed by atoms with Crippen molar-refractivity contribution in [3.05, 3.63) is 53.6 Å². The number of alkyl halides is 3. The van der Waals surface area contributed by atoms with Crippen molar-refractivity contribution in [2.75, 3.05) is 11.1 Å². The molecular weight excluding hydrogens is 343 g/mol. The second-order valence-electron chi connectivity index (χ2n) is 4.93. The number of hydrogen-bond acceptors (Lipinski definition) is 4. The highest BCUT2D eigenvalue weighted by molar-refractivity contribution is 6.35. The van der Waals surface area contributed by atoms with Crippen molar-refractivity contribution in [1.29, 1.82) is 0 Å². The van der Waals surface area contributed by atoms with E-state index in [1.54, 1.807) is 24.3 Å². The average Bonchev–Trinajstić information content (AvgIpc) is 2.50. The van der Waals surface area contributed by atoms with Crippen LogP contribution in [-0.4, -0.2) is 11.3 Å². The molecule has 0 radical (unpaired) electrons. The number of ether oxygens (including phenoxy) is 1. The molecule has 0 aliphatic heterocycles. The Hall–Kier alpha value is -2.67. The molecule has 0 amide bonds. The summed E-state index contributed by atoms with van der Waals surface area (Å²) in [5.74, 6) is 0.0180. The molecule has 1 aromatic heterocycles. The highest BCUT2D eigenvalue weighted by Gasteiger charge is 2.31. The molecule has 3 aromatic rings. The van der Waals surface area contributed by atoms with Crippen LogP contribution in [0.15, 0.2) is 48.5 Å². The van der Waals surface area contributed by atoms with Crippen LogP contribution in [0.2, 0.25) is 5.02 Å². The van der Waals surface area contributed by atoms with Crippen LogP contribution in [0.3, 0.4) is 0 Å². The molecule has 0 saturated carbocycles. The molecule has 8 heteroatoms. The zero-order valence-corrected chi connectivity index (χ0v) is 12.8. The van der Waals surface area contributed by atoms with Crippen LogP contribution in [0.1, 0.15) is 0 Å². The quantitative estimate of drug-likeness (QED) is 0.642. The van der Waals surface area contributed by atoms with Gasteiger partial charge in [0.1, 0.15) is 11.6 Å². The third kappa shape index (κ3) is 3.62. The topological polar surface area (TPSA) is 60.2 Å².